The molecule has 0 aromatic rings. The third-order valence-corrected chi connectivity index (χ3v) is 7.72. The van der Waals surface area contributed by atoms with E-state index in [-0.39, 0.29) is 22.6 Å². The Morgan fingerprint density at radius 2 is 2.11 bits per heavy atom. The molecule has 0 N–H and O–H groups in total. The lowest BCUT2D eigenvalue weighted by Crippen LogP contribution is -2.43. The van der Waals surface area contributed by atoms with Crippen LogP contribution in [0.3, 0.4) is 0 Å². The molecular formula is C13H19NO3S. The highest BCUT2D eigenvalue weighted by Gasteiger charge is 2.72. The van der Waals surface area contributed by atoms with Crippen LogP contribution in [0.1, 0.15) is 33.1 Å². The van der Waals surface area contributed by atoms with E-state index < -0.39 is 15.9 Å². The van der Waals surface area contributed by atoms with Gasteiger partial charge in [-0.05, 0) is 36.7 Å². The van der Waals surface area contributed by atoms with Gasteiger partial charge in [-0.15, -0.1) is 0 Å². The van der Waals surface area contributed by atoms with Gasteiger partial charge in [-0.1, -0.05) is 20.4 Å². The predicted octanol–water partition coefficient (Wildman–Crippen LogP) is 1.54. The molecule has 1 aliphatic heterocycles. The summed E-state index contributed by atoms with van der Waals surface area (Å²) in [5, 5.41) is 0. The van der Waals surface area contributed by atoms with E-state index in [1.165, 1.54) is 0 Å². The fourth-order valence-corrected chi connectivity index (χ4v) is 7.19. The van der Waals surface area contributed by atoms with E-state index in [2.05, 4.69) is 20.4 Å². The summed E-state index contributed by atoms with van der Waals surface area (Å²) >= 11 is 0. The van der Waals surface area contributed by atoms with Crippen LogP contribution in [-0.4, -0.2) is 30.4 Å². The standard InChI is InChI=1S/C13H19NO3S/c1-4-11(15)14-10-7-9-5-6-13(10,12(9,2)3)8-18(14,16)17/h4,9-10H,1,5-8H2,2-3H3/t9?,10-,13-/m1/s1. The van der Waals surface area contributed by atoms with Crippen molar-refractivity contribution in [1.82, 2.24) is 4.31 Å². The van der Waals surface area contributed by atoms with Crippen LogP contribution in [0.15, 0.2) is 12.7 Å². The normalized spacial score (nSPS) is 42.9. The van der Waals surface area contributed by atoms with Crippen LogP contribution in [0.5, 0.6) is 0 Å². The van der Waals surface area contributed by atoms with Crippen LogP contribution in [0.4, 0.5) is 0 Å². The highest BCUT2D eigenvalue weighted by atomic mass is 32.2. The van der Waals surface area contributed by atoms with Crippen molar-refractivity contribution < 1.29 is 13.2 Å². The van der Waals surface area contributed by atoms with E-state index in [0.717, 1.165) is 29.6 Å². The van der Waals surface area contributed by atoms with Crippen LogP contribution < -0.4 is 0 Å². The molecule has 0 radical (unpaired) electrons. The molecule has 3 fully saturated rings. The van der Waals surface area contributed by atoms with Crippen molar-refractivity contribution in [2.75, 3.05) is 5.75 Å². The Morgan fingerprint density at radius 3 is 2.67 bits per heavy atom. The van der Waals surface area contributed by atoms with Crippen LogP contribution in [-0.2, 0) is 14.8 Å². The van der Waals surface area contributed by atoms with E-state index >= 15 is 0 Å². The van der Waals surface area contributed by atoms with Gasteiger partial charge in [0.1, 0.15) is 0 Å². The number of hydrogen-bond donors (Lipinski definition) is 0. The summed E-state index contributed by atoms with van der Waals surface area (Å²) in [5.41, 5.74) is -0.212. The van der Waals surface area contributed by atoms with E-state index in [0.29, 0.717) is 5.92 Å². The average molecular weight is 269 g/mol. The van der Waals surface area contributed by atoms with Gasteiger partial charge in [0.25, 0.3) is 5.91 Å². The molecule has 0 aromatic carbocycles. The summed E-state index contributed by atoms with van der Waals surface area (Å²) < 4.78 is 25.7. The van der Waals surface area contributed by atoms with Gasteiger partial charge in [-0.3, -0.25) is 4.79 Å². The van der Waals surface area contributed by atoms with Gasteiger partial charge in [-0.25, -0.2) is 12.7 Å². The molecule has 2 bridgehead atoms. The third-order valence-electron chi connectivity index (χ3n) is 5.80. The van der Waals surface area contributed by atoms with Gasteiger partial charge in [-0.2, -0.15) is 0 Å². The number of nitrogens with zero attached hydrogens (tertiary/aromatic N) is 1. The number of rotatable bonds is 1. The minimum atomic E-state index is -3.46. The van der Waals surface area contributed by atoms with Gasteiger partial charge in [0.2, 0.25) is 10.0 Å². The van der Waals surface area contributed by atoms with Gasteiger partial charge in [0.05, 0.1) is 11.8 Å². The zero-order chi connectivity index (χ0) is 13.3. The Morgan fingerprint density at radius 1 is 1.44 bits per heavy atom. The van der Waals surface area contributed by atoms with Crippen LogP contribution in [0.25, 0.3) is 0 Å². The maximum absolute atomic E-state index is 12.3. The first kappa shape index (κ1) is 12.2. The minimum absolute atomic E-state index is 0.0148. The molecule has 3 aliphatic rings. The lowest BCUT2D eigenvalue weighted by atomic mass is 9.69. The maximum Gasteiger partial charge on any atom is 0.259 e. The lowest BCUT2D eigenvalue weighted by Gasteiger charge is -2.36. The molecule has 5 heteroatoms. The van der Waals surface area contributed by atoms with Gasteiger partial charge in [0, 0.05) is 5.41 Å². The Balaban J connectivity index is 2.14. The number of carbonyl (C=O) groups excluding carboxylic acids is 1. The van der Waals surface area contributed by atoms with Crippen molar-refractivity contribution in [2.24, 2.45) is 16.7 Å². The van der Waals surface area contributed by atoms with Gasteiger partial charge in [0.15, 0.2) is 0 Å². The highest BCUT2D eigenvalue weighted by molar-refractivity contribution is 7.90. The number of hydrogen-bond acceptors (Lipinski definition) is 3. The summed E-state index contributed by atoms with van der Waals surface area (Å²) in [6.45, 7) is 7.76. The molecule has 1 unspecified atom stereocenters. The van der Waals surface area contributed by atoms with Gasteiger partial charge >= 0.3 is 0 Å². The van der Waals surface area contributed by atoms with Crippen molar-refractivity contribution in [2.45, 2.75) is 39.2 Å². The Bertz CT molecular complexity index is 536. The maximum atomic E-state index is 12.3. The smallest absolute Gasteiger partial charge is 0.259 e. The molecule has 0 aromatic heterocycles. The Labute approximate surface area is 108 Å². The third kappa shape index (κ3) is 1.12. The molecule has 1 heterocycles. The van der Waals surface area contributed by atoms with E-state index in [1.807, 2.05) is 0 Å². The summed E-state index contributed by atoms with van der Waals surface area (Å²) in [6, 6.07) is -0.137. The fourth-order valence-electron chi connectivity index (χ4n) is 4.67. The summed E-state index contributed by atoms with van der Waals surface area (Å²) in [6.07, 6.45) is 3.96. The molecule has 3 atom stereocenters. The zero-order valence-corrected chi connectivity index (χ0v) is 11.7. The van der Waals surface area contributed by atoms with Gasteiger partial charge < -0.3 is 0 Å². The van der Waals surface area contributed by atoms with Crippen LogP contribution in [0, 0.1) is 16.7 Å². The SMILES string of the molecule is C=CC(=O)N1[C@@H]2CC3CC[C@]2(CS1(=O)=O)C3(C)C. The Hall–Kier alpha value is -0.840. The monoisotopic (exact) mass is 269 g/mol. The second-order valence-electron chi connectivity index (χ2n) is 6.46. The predicted molar refractivity (Wildman–Crippen MR) is 68.2 cm³/mol. The summed E-state index contributed by atoms with van der Waals surface area (Å²) in [5.74, 6) is 0.214. The fraction of sp³-hybridized carbons (Fsp3) is 0.769. The molecule has 1 amide bonds. The summed E-state index contributed by atoms with van der Waals surface area (Å²) in [7, 11) is -3.46. The molecule has 3 rings (SSSR count). The van der Waals surface area contributed by atoms with Crippen LogP contribution >= 0.6 is 0 Å². The summed E-state index contributed by atoms with van der Waals surface area (Å²) in [4.78, 5) is 11.9. The van der Waals surface area contributed by atoms with Crippen molar-refractivity contribution in [3.8, 4) is 0 Å². The van der Waals surface area contributed by atoms with E-state index in [9.17, 15) is 13.2 Å². The lowest BCUT2D eigenvalue weighted by molar-refractivity contribution is -0.124. The molecule has 100 valence electrons. The highest BCUT2D eigenvalue weighted by Crippen LogP contribution is 2.69. The molecule has 1 spiro atoms. The molecule has 4 nitrogen and oxygen atoms in total. The molecule has 2 saturated carbocycles. The largest absolute Gasteiger partial charge is 0.269 e. The first-order valence-electron chi connectivity index (χ1n) is 6.45. The average Bonchev–Trinajstić information content (AvgIpc) is 2.74. The Kier molecular flexibility index (Phi) is 2.16. The minimum Gasteiger partial charge on any atom is -0.269 e. The van der Waals surface area contributed by atoms with Crippen LogP contribution in [0.2, 0.25) is 0 Å². The van der Waals surface area contributed by atoms with Crippen molar-refractivity contribution in [3.63, 3.8) is 0 Å². The molecule has 18 heavy (non-hydrogen) atoms. The quantitative estimate of drug-likeness (QED) is 0.678. The number of carbonyl (C=O) groups is 1. The van der Waals surface area contributed by atoms with Crippen molar-refractivity contribution >= 4 is 15.9 Å². The first-order valence-corrected chi connectivity index (χ1v) is 8.06. The topological polar surface area (TPSA) is 54.5 Å². The van der Waals surface area contributed by atoms with Crippen molar-refractivity contribution in [3.05, 3.63) is 12.7 Å². The molecular weight excluding hydrogens is 250 g/mol. The number of sulfonamides is 1. The molecule has 2 aliphatic carbocycles. The first-order chi connectivity index (χ1) is 8.26. The second kappa shape index (κ2) is 3.18. The second-order valence-corrected chi connectivity index (χ2v) is 8.31. The van der Waals surface area contributed by atoms with E-state index in [1.54, 1.807) is 0 Å². The number of amides is 1. The molecule has 1 saturated heterocycles. The van der Waals surface area contributed by atoms with E-state index in [4.69, 9.17) is 0 Å². The zero-order valence-electron chi connectivity index (χ0n) is 10.8. The number of fused-ring (bicyclic) bond motifs is 1. The van der Waals surface area contributed by atoms with Crippen molar-refractivity contribution in [1.29, 1.82) is 0 Å².